The molecule has 6 nitrogen and oxygen atoms in total. The van der Waals surface area contributed by atoms with Crippen molar-refractivity contribution in [2.75, 3.05) is 11.3 Å². The van der Waals surface area contributed by atoms with Crippen LogP contribution in [0.15, 0.2) is 18.2 Å². The average Bonchev–Trinajstić information content (AvgIpc) is 2.27. The number of aliphatic hydroxyl groups excluding tert-OH is 1. The first-order valence-corrected chi connectivity index (χ1v) is 7.83. The topological polar surface area (TPSA) is 87.7 Å². The van der Waals surface area contributed by atoms with Gasteiger partial charge in [-0.2, -0.15) is 13.1 Å². The van der Waals surface area contributed by atoms with Crippen molar-refractivity contribution in [3.05, 3.63) is 23.8 Å². The Labute approximate surface area is 120 Å². The predicted octanol–water partition coefficient (Wildman–Crippen LogP) is 1.62. The van der Waals surface area contributed by atoms with Gasteiger partial charge in [-0.15, -0.1) is 0 Å². The molecular weight excluding hydrogens is 280 g/mol. The number of benzene rings is 1. The third kappa shape index (κ3) is 5.36. The van der Waals surface area contributed by atoms with Gasteiger partial charge in [0.25, 0.3) is 10.2 Å². The number of anilines is 1. The minimum Gasteiger partial charge on any atom is -0.494 e. The standard InChI is InChI=1S/C13H22N2O4S/c1-5-19-12-7-6-11(8-10(12)9-16)14-20(17,18)15-13(2,3)4/h6-8,14-16H,5,9H2,1-4H3. The van der Waals surface area contributed by atoms with E-state index in [1.54, 1.807) is 39.0 Å². The Morgan fingerprint density at radius 1 is 1.30 bits per heavy atom. The van der Waals surface area contributed by atoms with E-state index in [1.165, 1.54) is 0 Å². The Morgan fingerprint density at radius 2 is 1.95 bits per heavy atom. The lowest BCUT2D eigenvalue weighted by atomic mass is 10.1. The Hall–Kier alpha value is -1.31. The Bertz CT molecular complexity index is 550. The Balaban J connectivity index is 2.93. The van der Waals surface area contributed by atoms with Gasteiger partial charge in [-0.1, -0.05) is 0 Å². The third-order valence-electron chi connectivity index (χ3n) is 2.22. The van der Waals surface area contributed by atoms with Crippen LogP contribution in [-0.4, -0.2) is 25.7 Å². The van der Waals surface area contributed by atoms with Crippen LogP contribution in [0.1, 0.15) is 33.3 Å². The van der Waals surface area contributed by atoms with E-state index in [0.29, 0.717) is 23.6 Å². The van der Waals surface area contributed by atoms with Crippen molar-refractivity contribution in [2.24, 2.45) is 0 Å². The van der Waals surface area contributed by atoms with Crippen molar-refractivity contribution in [3.63, 3.8) is 0 Å². The highest BCUT2D eigenvalue weighted by atomic mass is 32.2. The van der Waals surface area contributed by atoms with E-state index in [4.69, 9.17) is 4.74 Å². The summed E-state index contributed by atoms with van der Waals surface area (Å²) in [6, 6.07) is 4.77. The van der Waals surface area contributed by atoms with Gasteiger partial charge < -0.3 is 9.84 Å². The molecule has 0 heterocycles. The quantitative estimate of drug-likeness (QED) is 0.745. The second-order valence-corrected chi connectivity index (χ2v) is 6.79. The van der Waals surface area contributed by atoms with Crippen LogP contribution in [0.2, 0.25) is 0 Å². The molecule has 0 aliphatic heterocycles. The number of aliphatic hydroxyl groups is 1. The zero-order valence-corrected chi connectivity index (χ0v) is 13.0. The molecule has 0 saturated carbocycles. The molecule has 0 bridgehead atoms. The van der Waals surface area contributed by atoms with Gasteiger partial charge >= 0.3 is 0 Å². The molecule has 3 N–H and O–H groups in total. The fourth-order valence-corrected chi connectivity index (χ4v) is 2.94. The highest BCUT2D eigenvalue weighted by molar-refractivity contribution is 7.90. The zero-order valence-electron chi connectivity index (χ0n) is 12.2. The summed E-state index contributed by atoms with van der Waals surface area (Å²) >= 11 is 0. The van der Waals surface area contributed by atoms with Crippen LogP contribution in [0.5, 0.6) is 5.75 Å². The molecule has 1 aromatic carbocycles. The van der Waals surface area contributed by atoms with E-state index in [9.17, 15) is 13.5 Å². The van der Waals surface area contributed by atoms with Crippen molar-refractivity contribution >= 4 is 15.9 Å². The van der Waals surface area contributed by atoms with Crippen molar-refractivity contribution in [3.8, 4) is 5.75 Å². The average molecular weight is 302 g/mol. The SMILES string of the molecule is CCOc1ccc(NS(=O)(=O)NC(C)(C)C)cc1CO. The van der Waals surface area contributed by atoms with Gasteiger partial charge in [-0.05, 0) is 45.9 Å². The molecular formula is C13H22N2O4S. The van der Waals surface area contributed by atoms with Gasteiger partial charge in [0.15, 0.2) is 0 Å². The molecule has 0 spiro atoms. The minimum absolute atomic E-state index is 0.225. The van der Waals surface area contributed by atoms with E-state index in [0.717, 1.165) is 0 Å². The maximum atomic E-state index is 11.9. The fraction of sp³-hybridized carbons (Fsp3) is 0.538. The number of hydrogen-bond acceptors (Lipinski definition) is 4. The molecule has 0 aliphatic carbocycles. The van der Waals surface area contributed by atoms with Gasteiger partial charge in [-0.25, -0.2) is 0 Å². The van der Waals surface area contributed by atoms with E-state index < -0.39 is 15.7 Å². The molecule has 0 atom stereocenters. The first kappa shape index (κ1) is 16.7. The molecule has 0 aromatic heterocycles. The van der Waals surface area contributed by atoms with Crippen molar-refractivity contribution in [1.82, 2.24) is 4.72 Å². The van der Waals surface area contributed by atoms with Crippen molar-refractivity contribution in [2.45, 2.75) is 39.8 Å². The van der Waals surface area contributed by atoms with E-state index in [-0.39, 0.29) is 6.61 Å². The lowest BCUT2D eigenvalue weighted by molar-refractivity contribution is 0.267. The first-order chi connectivity index (χ1) is 9.17. The lowest BCUT2D eigenvalue weighted by Crippen LogP contribution is -2.43. The number of ether oxygens (including phenoxy) is 1. The van der Waals surface area contributed by atoms with Gasteiger partial charge in [0.2, 0.25) is 0 Å². The van der Waals surface area contributed by atoms with Crippen LogP contribution < -0.4 is 14.2 Å². The largest absolute Gasteiger partial charge is 0.494 e. The summed E-state index contributed by atoms with van der Waals surface area (Å²) in [5.41, 5.74) is 0.328. The van der Waals surface area contributed by atoms with Gasteiger partial charge in [0, 0.05) is 11.1 Å². The lowest BCUT2D eigenvalue weighted by Gasteiger charge is -2.21. The minimum atomic E-state index is -3.66. The molecule has 20 heavy (non-hydrogen) atoms. The second kappa shape index (κ2) is 6.43. The van der Waals surface area contributed by atoms with E-state index in [2.05, 4.69) is 9.44 Å². The predicted molar refractivity (Wildman–Crippen MR) is 79.0 cm³/mol. The van der Waals surface area contributed by atoms with Crippen LogP contribution >= 0.6 is 0 Å². The van der Waals surface area contributed by atoms with E-state index in [1.807, 2.05) is 6.92 Å². The smallest absolute Gasteiger partial charge is 0.299 e. The number of rotatable bonds is 6. The van der Waals surface area contributed by atoms with Crippen LogP contribution in [0.4, 0.5) is 5.69 Å². The molecule has 0 amide bonds. The van der Waals surface area contributed by atoms with Gasteiger partial charge in [0.05, 0.1) is 18.9 Å². The summed E-state index contributed by atoms with van der Waals surface area (Å²) < 4.78 is 34.1. The molecule has 0 aliphatic rings. The van der Waals surface area contributed by atoms with Crippen molar-refractivity contribution < 1.29 is 18.3 Å². The molecule has 1 aromatic rings. The fourth-order valence-electron chi connectivity index (χ4n) is 1.65. The Kier molecular flexibility index (Phi) is 5.38. The van der Waals surface area contributed by atoms with Gasteiger partial charge in [0.1, 0.15) is 5.75 Å². The molecule has 1 rings (SSSR count). The highest BCUT2D eigenvalue weighted by Crippen LogP contribution is 2.23. The molecule has 0 unspecified atom stereocenters. The van der Waals surface area contributed by atoms with E-state index >= 15 is 0 Å². The maximum absolute atomic E-state index is 11.9. The summed E-state index contributed by atoms with van der Waals surface area (Å²) in [6.45, 7) is 7.35. The van der Waals surface area contributed by atoms with Crippen molar-refractivity contribution in [1.29, 1.82) is 0 Å². The Morgan fingerprint density at radius 3 is 2.45 bits per heavy atom. The molecule has 114 valence electrons. The first-order valence-electron chi connectivity index (χ1n) is 6.35. The summed E-state index contributed by atoms with van der Waals surface area (Å²) in [5, 5.41) is 9.28. The number of nitrogens with one attached hydrogen (secondary N) is 2. The maximum Gasteiger partial charge on any atom is 0.299 e. The van der Waals surface area contributed by atoms with Crippen LogP contribution in [-0.2, 0) is 16.8 Å². The summed E-state index contributed by atoms with van der Waals surface area (Å²) in [6.07, 6.45) is 0. The normalized spacial score (nSPS) is 12.2. The van der Waals surface area contributed by atoms with Crippen LogP contribution in [0, 0.1) is 0 Å². The second-order valence-electron chi connectivity index (χ2n) is 5.37. The summed E-state index contributed by atoms with van der Waals surface area (Å²) in [7, 11) is -3.66. The summed E-state index contributed by atoms with van der Waals surface area (Å²) in [4.78, 5) is 0. The van der Waals surface area contributed by atoms with Crippen LogP contribution in [0.25, 0.3) is 0 Å². The molecule has 7 heteroatoms. The number of hydrogen-bond donors (Lipinski definition) is 3. The molecule has 0 radical (unpaired) electrons. The summed E-state index contributed by atoms with van der Waals surface area (Å²) in [5.74, 6) is 0.543. The zero-order chi connectivity index (χ0) is 15.4. The highest BCUT2D eigenvalue weighted by Gasteiger charge is 2.20. The molecule has 0 saturated heterocycles. The molecule has 0 fully saturated rings. The monoisotopic (exact) mass is 302 g/mol. The van der Waals surface area contributed by atoms with Crippen LogP contribution in [0.3, 0.4) is 0 Å². The van der Waals surface area contributed by atoms with Gasteiger partial charge in [-0.3, -0.25) is 4.72 Å². The third-order valence-corrected chi connectivity index (χ3v) is 3.61.